The smallest absolute Gasteiger partial charge is 0.101 e. The zero-order chi connectivity index (χ0) is 14.6. The molecule has 0 heterocycles. The SMILES string of the molecule is CC(C)(CNc1cc(Br)ccc1C#N)c1ccccc1. The Labute approximate surface area is 128 Å². The highest BCUT2D eigenvalue weighted by atomic mass is 79.9. The van der Waals surface area contributed by atoms with Gasteiger partial charge in [0.25, 0.3) is 0 Å². The van der Waals surface area contributed by atoms with Gasteiger partial charge in [0, 0.05) is 16.4 Å². The van der Waals surface area contributed by atoms with Crippen LogP contribution in [0.25, 0.3) is 0 Å². The lowest BCUT2D eigenvalue weighted by Gasteiger charge is -2.26. The molecule has 0 aliphatic carbocycles. The molecule has 2 aromatic carbocycles. The van der Waals surface area contributed by atoms with Gasteiger partial charge in [0.1, 0.15) is 6.07 Å². The van der Waals surface area contributed by atoms with E-state index in [4.69, 9.17) is 5.26 Å². The molecular weight excluding hydrogens is 312 g/mol. The molecule has 20 heavy (non-hydrogen) atoms. The van der Waals surface area contributed by atoms with Gasteiger partial charge in [-0.15, -0.1) is 0 Å². The number of nitrogens with zero attached hydrogens (tertiary/aromatic N) is 1. The molecule has 0 fully saturated rings. The van der Waals surface area contributed by atoms with E-state index < -0.39 is 0 Å². The summed E-state index contributed by atoms with van der Waals surface area (Å²) >= 11 is 3.44. The third kappa shape index (κ3) is 3.40. The summed E-state index contributed by atoms with van der Waals surface area (Å²) in [5, 5.41) is 12.5. The molecule has 0 spiro atoms. The topological polar surface area (TPSA) is 35.8 Å². The summed E-state index contributed by atoms with van der Waals surface area (Å²) in [7, 11) is 0. The second kappa shape index (κ2) is 6.11. The first kappa shape index (κ1) is 14.6. The minimum absolute atomic E-state index is 0.00367. The number of nitrogens with one attached hydrogen (secondary N) is 1. The van der Waals surface area contributed by atoms with E-state index in [1.165, 1.54) is 5.56 Å². The minimum Gasteiger partial charge on any atom is -0.383 e. The van der Waals surface area contributed by atoms with Gasteiger partial charge < -0.3 is 5.32 Å². The molecule has 0 atom stereocenters. The summed E-state index contributed by atoms with van der Waals surface area (Å²) in [5.41, 5.74) is 2.81. The summed E-state index contributed by atoms with van der Waals surface area (Å²) in [6.07, 6.45) is 0. The number of halogens is 1. The van der Waals surface area contributed by atoms with E-state index in [-0.39, 0.29) is 5.41 Å². The van der Waals surface area contributed by atoms with E-state index in [1.54, 1.807) is 0 Å². The molecule has 0 saturated carbocycles. The Balaban J connectivity index is 2.17. The Morgan fingerprint density at radius 3 is 2.50 bits per heavy atom. The first-order valence-electron chi connectivity index (χ1n) is 6.52. The van der Waals surface area contributed by atoms with Gasteiger partial charge in [-0.3, -0.25) is 0 Å². The minimum atomic E-state index is -0.00367. The second-order valence-electron chi connectivity index (χ2n) is 5.41. The first-order valence-corrected chi connectivity index (χ1v) is 7.31. The Kier molecular flexibility index (Phi) is 4.46. The average molecular weight is 329 g/mol. The molecule has 1 N–H and O–H groups in total. The fourth-order valence-corrected chi connectivity index (χ4v) is 2.43. The number of rotatable bonds is 4. The summed E-state index contributed by atoms with van der Waals surface area (Å²) in [6.45, 7) is 5.15. The fraction of sp³-hybridized carbons (Fsp3) is 0.235. The van der Waals surface area contributed by atoms with Crippen molar-refractivity contribution in [1.82, 2.24) is 0 Å². The molecule has 0 saturated heterocycles. The zero-order valence-electron chi connectivity index (χ0n) is 11.7. The Hall–Kier alpha value is -1.79. The van der Waals surface area contributed by atoms with Crippen LogP contribution in [0.2, 0.25) is 0 Å². The fourth-order valence-electron chi connectivity index (χ4n) is 2.07. The molecule has 0 bridgehead atoms. The normalized spacial score (nSPS) is 10.9. The molecule has 0 aromatic heterocycles. The predicted molar refractivity (Wildman–Crippen MR) is 86.8 cm³/mol. The van der Waals surface area contributed by atoms with Crippen molar-refractivity contribution in [2.45, 2.75) is 19.3 Å². The van der Waals surface area contributed by atoms with Crippen molar-refractivity contribution in [3.05, 3.63) is 64.1 Å². The van der Waals surface area contributed by atoms with Gasteiger partial charge in [-0.1, -0.05) is 60.1 Å². The van der Waals surface area contributed by atoms with Crippen LogP contribution in [0, 0.1) is 11.3 Å². The third-order valence-corrected chi connectivity index (χ3v) is 3.87. The molecule has 0 amide bonds. The summed E-state index contributed by atoms with van der Waals surface area (Å²) in [4.78, 5) is 0. The maximum Gasteiger partial charge on any atom is 0.101 e. The van der Waals surface area contributed by atoms with Crippen molar-refractivity contribution in [3.8, 4) is 6.07 Å². The quantitative estimate of drug-likeness (QED) is 0.882. The van der Waals surface area contributed by atoms with Crippen molar-refractivity contribution in [3.63, 3.8) is 0 Å². The maximum atomic E-state index is 9.15. The van der Waals surface area contributed by atoms with Crippen molar-refractivity contribution in [1.29, 1.82) is 5.26 Å². The maximum absolute atomic E-state index is 9.15. The molecule has 0 radical (unpaired) electrons. The Bertz CT molecular complexity index is 627. The van der Waals surface area contributed by atoms with Gasteiger partial charge in [0.15, 0.2) is 0 Å². The predicted octanol–water partition coefficient (Wildman–Crippen LogP) is 4.71. The highest BCUT2D eigenvalue weighted by Crippen LogP contribution is 2.26. The van der Waals surface area contributed by atoms with Crippen LogP contribution in [0.1, 0.15) is 25.0 Å². The third-order valence-electron chi connectivity index (χ3n) is 3.38. The van der Waals surface area contributed by atoms with Crippen molar-refractivity contribution >= 4 is 21.6 Å². The highest BCUT2D eigenvalue weighted by Gasteiger charge is 2.20. The van der Waals surface area contributed by atoms with E-state index in [1.807, 2.05) is 24.3 Å². The molecule has 2 aromatic rings. The second-order valence-corrected chi connectivity index (χ2v) is 6.32. The van der Waals surface area contributed by atoms with Gasteiger partial charge in [-0.05, 0) is 23.8 Å². The summed E-state index contributed by atoms with van der Waals surface area (Å²) < 4.78 is 0.969. The lowest BCUT2D eigenvalue weighted by atomic mass is 9.84. The average Bonchev–Trinajstić information content (AvgIpc) is 2.46. The Morgan fingerprint density at radius 1 is 1.15 bits per heavy atom. The van der Waals surface area contributed by atoms with E-state index in [9.17, 15) is 0 Å². The molecular formula is C17H17BrN2. The highest BCUT2D eigenvalue weighted by molar-refractivity contribution is 9.10. The van der Waals surface area contributed by atoms with Crippen LogP contribution in [-0.4, -0.2) is 6.54 Å². The molecule has 3 heteroatoms. The molecule has 2 nitrogen and oxygen atoms in total. The van der Waals surface area contributed by atoms with Crippen LogP contribution in [0.4, 0.5) is 5.69 Å². The largest absolute Gasteiger partial charge is 0.383 e. The van der Waals surface area contributed by atoms with Gasteiger partial charge in [0.2, 0.25) is 0 Å². The van der Waals surface area contributed by atoms with Crippen LogP contribution >= 0.6 is 15.9 Å². The van der Waals surface area contributed by atoms with Crippen LogP contribution in [0.15, 0.2) is 53.0 Å². The number of nitriles is 1. The molecule has 102 valence electrons. The van der Waals surface area contributed by atoms with Gasteiger partial charge in [-0.2, -0.15) is 5.26 Å². The number of anilines is 1. The van der Waals surface area contributed by atoms with E-state index in [2.05, 4.69) is 65.4 Å². The first-order chi connectivity index (χ1) is 9.53. The molecule has 0 aliphatic rings. The lowest BCUT2D eigenvalue weighted by Crippen LogP contribution is -2.27. The number of hydrogen-bond acceptors (Lipinski definition) is 2. The van der Waals surface area contributed by atoms with E-state index >= 15 is 0 Å². The number of hydrogen-bond donors (Lipinski definition) is 1. The Morgan fingerprint density at radius 2 is 1.85 bits per heavy atom. The van der Waals surface area contributed by atoms with E-state index in [0.717, 1.165) is 16.7 Å². The zero-order valence-corrected chi connectivity index (χ0v) is 13.2. The van der Waals surface area contributed by atoms with Gasteiger partial charge in [-0.25, -0.2) is 0 Å². The number of benzene rings is 2. The van der Waals surface area contributed by atoms with E-state index in [0.29, 0.717) is 5.56 Å². The molecule has 2 rings (SSSR count). The standard InChI is InChI=1S/C17H17BrN2/c1-17(2,14-6-4-3-5-7-14)12-20-16-10-15(18)9-8-13(16)11-19/h3-10,20H,12H2,1-2H3. The monoisotopic (exact) mass is 328 g/mol. The van der Waals surface area contributed by atoms with Crippen molar-refractivity contribution < 1.29 is 0 Å². The lowest BCUT2D eigenvalue weighted by molar-refractivity contribution is 0.557. The van der Waals surface area contributed by atoms with Gasteiger partial charge >= 0.3 is 0 Å². The molecule has 0 aliphatic heterocycles. The van der Waals surface area contributed by atoms with Crippen LogP contribution in [0.3, 0.4) is 0 Å². The van der Waals surface area contributed by atoms with Crippen molar-refractivity contribution in [2.75, 3.05) is 11.9 Å². The summed E-state index contributed by atoms with van der Waals surface area (Å²) in [6, 6.07) is 18.3. The van der Waals surface area contributed by atoms with Crippen LogP contribution in [0.5, 0.6) is 0 Å². The molecule has 0 unspecified atom stereocenters. The van der Waals surface area contributed by atoms with Crippen molar-refractivity contribution in [2.24, 2.45) is 0 Å². The van der Waals surface area contributed by atoms with Crippen LogP contribution < -0.4 is 5.32 Å². The van der Waals surface area contributed by atoms with Crippen LogP contribution in [-0.2, 0) is 5.41 Å². The van der Waals surface area contributed by atoms with Gasteiger partial charge in [0.05, 0.1) is 11.3 Å². The summed E-state index contributed by atoms with van der Waals surface area (Å²) in [5.74, 6) is 0.